The van der Waals surface area contributed by atoms with E-state index in [2.05, 4.69) is 174 Å². The third-order valence-electron chi connectivity index (χ3n) is 10.0. The van der Waals surface area contributed by atoms with Crippen LogP contribution in [0.5, 0.6) is 0 Å². The van der Waals surface area contributed by atoms with Crippen molar-refractivity contribution in [2.45, 2.75) is 6.42 Å². The van der Waals surface area contributed by atoms with E-state index >= 15 is 0 Å². The van der Waals surface area contributed by atoms with E-state index in [1.54, 1.807) is 0 Å². The average Bonchev–Trinajstić information content (AvgIpc) is 3.74. The van der Waals surface area contributed by atoms with E-state index in [9.17, 15) is 0 Å². The molecule has 1 aliphatic carbocycles. The highest BCUT2D eigenvalue weighted by Crippen LogP contribution is 2.46. The smallest absolute Gasteiger partial charge is 0.160 e. The summed E-state index contributed by atoms with van der Waals surface area (Å²) in [4.78, 5) is 10.5. The van der Waals surface area contributed by atoms with Crippen molar-refractivity contribution in [3.05, 3.63) is 187 Å². The highest BCUT2D eigenvalue weighted by molar-refractivity contribution is 6.10. The van der Waals surface area contributed by atoms with Gasteiger partial charge in [0.15, 0.2) is 5.82 Å². The highest BCUT2D eigenvalue weighted by Gasteiger charge is 2.28. The Morgan fingerprint density at radius 2 is 1.04 bits per heavy atom. The van der Waals surface area contributed by atoms with Gasteiger partial charge in [-0.05, 0) is 58.1 Å². The second kappa shape index (κ2) is 11.5. The molecule has 0 fully saturated rings. The van der Waals surface area contributed by atoms with Gasteiger partial charge in [-0.3, -0.25) is 0 Å². The molecule has 50 heavy (non-hydrogen) atoms. The standard InChI is InChI=1S/C47H31N3/c1-4-14-31(15-5-1)45-41-29-36-20-13-24-38(44(36)46(41)49-47(48-45)32-16-6-2-7-17-32)35-19-12-18-33(28-35)34-26-27-40-39-23-10-11-25-42(39)50(43(40)30-34)37-21-8-3-9-22-37/h1-28,30H,29H2. The molecule has 2 aromatic heterocycles. The summed E-state index contributed by atoms with van der Waals surface area (Å²) in [6, 6.07) is 62.7. The van der Waals surface area contributed by atoms with Crippen LogP contribution in [0.3, 0.4) is 0 Å². The Morgan fingerprint density at radius 1 is 0.420 bits per heavy atom. The van der Waals surface area contributed by atoms with Crippen molar-refractivity contribution in [1.82, 2.24) is 14.5 Å². The second-order valence-corrected chi connectivity index (χ2v) is 13.0. The van der Waals surface area contributed by atoms with Gasteiger partial charge >= 0.3 is 0 Å². The van der Waals surface area contributed by atoms with Gasteiger partial charge in [0.1, 0.15) is 0 Å². The number of hydrogen-bond acceptors (Lipinski definition) is 2. The quantitative estimate of drug-likeness (QED) is 0.188. The Balaban J connectivity index is 1.14. The number of benzene rings is 7. The monoisotopic (exact) mass is 637 g/mol. The molecule has 234 valence electrons. The maximum atomic E-state index is 5.30. The largest absolute Gasteiger partial charge is 0.309 e. The van der Waals surface area contributed by atoms with Gasteiger partial charge in [0.25, 0.3) is 0 Å². The minimum Gasteiger partial charge on any atom is -0.309 e. The summed E-state index contributed by atoms with van der Waals surface area (Å²) in [5.74, 6) is 0.752. The fourth-order valence-electron chi connectivity index (χ4n) is 7.74. The van der Waals surface area contributed by atoms with Gasteiger partial charge in [0.2, 0.25) is 0 Å². The number of nitrogens with zero attached hydrogens (tertiary/aromatic N) is 3. The molecule has 0 amide bonds. The fourth-order valence-corrected chi connectivity index (χ4v) is 7.74. The van der Waals surface area contributed by atoms with E-state index < -0.39 is 0 Å². The predicted octanol–water partition coefficient (Wildman–Crippen LogP) is 11.8. The van der Waals surface area contributed by atoms with Gasteiger partial charge in [-0.2, -0.15) is 0 Å². The molecule has 0 spiro atoms. The lowest BCUT2D eigenvalue weighted by Gasteiger charge is -2.14. The van der Waals surface area contributed by atoms with Crippen LogP contribution in [0.15, 0.2) is 176 Å². The molecule has 2 heterocycles. The third kappa shape index (κ3) is 4.59. The molecule has 0 saturated carbocycles. The zero-order valence-corrected chi connectivity index (χ0v) is 27.3. The molecule has 0 bridgehead atoms. The summed E-state index contributed by atoms with van der Waals surface area (Å²) in [5, 5.41) is 2.52. The Kier molecular flexibility index (Phi) is 6.56. The lowest BCUT2D eigenvalue weighted by molar-refractivity contribution is 1.13. The van der Waals surface area contributed by atoms with Crippen molar-refractivity contribution >= 4 is 21.8 Å². The molecule has 9 aromatic rings. The second-order valence-electron chi connectivity index (χ2n) is 13.0. The first-order valence-corrected chi connectivity index (χ1v) is 17.1. The maximum Gasteiger partial charge on any atom is 0.160 e. The van der Waals surface area contributed by atoms with Crippen LogP contribution in [0.25, 0.3) is 83.6 Å². The van der Waals surface area contributed by atoms with Gasteiger partial charge in [0, 0.05) is 45.1 Å². The third-order valence-corrected chi connectivity index (χ3v) is 10.0. The molecule has 0 radical (unpaired) electrons. The first-order valence-electron chi connectivity index (χ1n) is 17.1. The van der Waals surface area contributed by atoms with E-state index in [-0.39, 0.29) is 0 Å². The fraction of sp³-hybridized carbons (Fsp3) is 0.0213. The number of aromatic nitrogens is 3. The SMILES string of the molecule is c1ccc(-c2nc(-c3ccccc3)c3c(n2)-c2c(cccc2-c2cccc(-c4ccc5c6ccccc6n(-c6ccccc6)c5c4)c2)C3)cc1. The van der Waals surface area contributed by atoms with Crippen LogP contribution in [0.2, 0.25) is 0 Å². The number of rotatable bonds is 5. The van der Waals surface area contributed by atoms with Crippen molar-refractivity contribution in [3.63, 3.8) is 0 Å². The molecule has 0 saturated heterocycles. The van der Waals surface area contributed by atoms with Gasteiger partial charge in [0.05, 0.1) is 22.4 Å². The molecule has 0 atom stereocenters. The van der Waals surface area contributed by atoms with Crippen LogP contribution in [-0.2, 0) is 6.42 Å². The number of fused-ring (bicyclic) bond motifs is 6. The van der Waals surface area contributed by atoms with Crippen LogP contribution < -0.4 is 0 Å². The van der Waals surface area contributed by atoms with Crippen molar-refractivity contribution < 1.29 is 0 Å². The molecule has 0 N–H and O–H groups in total. The Labute approximate surface area is 290 Å². The van der Waals surface area contributed by atoms with Gasteiger partial charge in [-0.25, -0.2) is 9.97 Å². The van der Waals surface area contributed by atoms with E-state index in [0.717, 1.165) is 40.4 Å². The molecule has 0 aliphatic heterocycles. The van der Waals surface area contributed by atoms with Crippen LogP contribution in [-0.4, -0.2) is 14.5 Å². The molecule has 3 heteroatoms. The van der Waals surface area contributed by atoms with Crippen molar-refractivity contribution in [2.24, 2.45) is 0 Å². The van der Waals surface area contributed by atoms with Gasteiger partial charge in [-0.1, -0.05) is 146 Å². The van der Waals surface area contributed by atoms with E-state index in [0.29, 0.717) is 0 Å². The van der Waals surface area contributed by atoms with Crippen molar-refractivity contribution in [2.75, 3.05) is 0 Å². The lowest BCUT2D eigenvalue weighted by atomic mass is 9.93. The zero-order valence-electron chi connectivity index (χ0n) is 27.3. The van der Waals surface area contributed by atoms with Crippen LogP contribution >= 0.6 is 0 Å². The van der Waals surface area contributed by atoms with E-state index in [4.69, 9.17) is 9.97 Å². The summed E-state index contributed by atoms with van der Waals surface area (Å²) in [6.07, 6.45) is 0.804. The Morgan fingerprint density at radius 3 is 1.86 bits per heavy atom. The molecule has 3 nitrogen and oxygen atoms in total. The number of para-hydroxylation sites is 2. The zero-order chi connectivity index (χ0) is 33.0. The van der Waals surface area contributed by atoms with E-state index in [1.165, 1.54) is 60.8 Å². The lowest BCUT2D eigenvalue weighted by Crippen LogP contribution is -1.99. The summed E-state index contributed by atoms with van der Waals surface area (Å²) >= 11 is 0. The minimum absolute atomic E-state index is 0.752. The summed E-state index contributed by atoms with van der Waals surface area (Å²) < 4.78 is 2.38. The maximum absolute atomic E-state index is 5.30. The molecular weight excluding hydrogens is 607 g/mol. The predicted molar refractivity (Wildman–Crippen MR) is 206 cm³/mol. The Hall–Kier alpha value is -6.58. The summed E-state index contributed by atoms with van der Waals surface area (Å²) in [5.41, 5.74) is 16.2. The average molecular weight is 638 g/mol. The highest BCUT2D eigenvalue weighted by atomic mass is 15.0. The molecule has 1 aliphatic rings. The summed E-state index contributed by atoms with van der Waals surface area (Å²) in [7, 11) is 0. The van der Waals surface area contributed by atoms with Gasteiger partial charge < -0.3 is 4.57 Å². The normalized spacial score (nSPS) is 11.9. The Bertz CT molecular complexity index is 2710. The molecule has 10 rings (SSSR count). The summed E-state index contributed by atoms with van der Waals surface area (Å²) in [6.45, 7) is 0. The molecular formula is C47H31N3. The number of hydrogen-bond donors (Lipinski definition) is 0. The van der Waals surface area contributed by atoms with Crippen LogP contribution in [0.4, 0.5) is 0 Å². The van der Waals surface area contributed by atoms with Crippen LogP contribution in [0, 0.1) is 0 Å². The topological polar surface area (TPSA) is 30.7 Å². The molecule has 0 unspecified atom stereocenters. The van der Waals surface area contributed by atoms with Gasteiger partial charge in [-0.15, -0.1) is 0 Å². The minimum atomic E-state index is 0.752. The van der Waals surface area contributed by atoms with Crippen molar-refractivity contribution in [3.8, 4) is 61.8 Å². The first-order chi connectivity index (χ1) is 24.8. The van der Waals surface area contributed by atoms with Crippen LogP contribution in [0.1, 0.15) is 11.1 Å². The first kappa shape index (κ1) is 28.4. The van der Waals surface area contributed by atoms with E-state index in [1.807, 2.05) is 6.07 Å². The molecule has 7 aromatic carbocycles. The van der Waals surface area contributed by atoms with Crippen molar-refractivity contribution in [1.29, 1.82) is 0 Å².